The van der Waals surface area contributed by atoms with Crippen LogP contribution in [0.15, 0.2) is 10.9 Å². The fourth-order valence-electron chi connectivity index (χ4n) is 2.21. The van der Waals surface area contributed by atoms with Gasteiger partial charge in [0.1, 0.15) is 5.69 Å². The zero-order valence-corrected chi connectivity index (χ0v) is 13.9. The van der Waals surface area contributed by atoms with Crippen molar-refractivity contribution in [2.45, 2.75) is 20.3 Å². The standard InChI is InChI=1S/C14H19N5O3S/c1-8-7-9(2)17-14(16-8)19-13(22)10(3-5-20)11(18-19)12(21)15-4-6-23/h7,18,20,23H,3-6H2,1-2H3,(H,15,21). The van der Waals surface area contributed by atoms with E-state index in [2.05, 4.69) is 33.0 Å². The van der Waals surface area contributed by atoms with E-state index in [4.69, 9.17) is 5.11 Å². The molecule has 0 spiro atoms. The van der Waals surface area contributed by atoms with Crippen molar-refractivity contribution in [2.75, 3.05) is 18.9 Å². The number of aliphatic hydroxyl groups is 1. The number of carbonyl (C=O) groups excluding carboxylic acids is 1. The zero-order valence-electron chi connectivity index (χ0n) is 13.0. The van der Waals surface area contributed by atoms with Gasteiger partial charge < -0.3 is 10.4 Å². The average molecular weight is 337 g/mol. The number of amides is 1. The molecule has 124 valence electrons. The number of H-pyrrole nitrogens is 1. The summed E-state index contributed by atoms with van der Waals surface area (Å²) in [6, 6.07) is 1.78. The second-order valence-electron chi connectivity index (χ2n) is 5.01. The fourth-order valence-corrected chi connectivity index (χ4v) is 2.32. The maximum Gasteiger partial charge on any atom is 0.277 e. The normalized spacial score (nSPS) is 10.8. The molecule has 2 heterocycles. The van der Waals surface area contributed by atoms with Crippen LogP contribution in [0.1, 0.15) is 27.4 Å². The lowest BCUT2D eigenvalue weighted by molar-refractivity contribution is 0.0949. The molecule has 2 aromatic heterocycles. The Balaban J connectivity index is 2.53. The highest BCUT2D eigenvalue weighted by Crippen LogP contribution is 2.07. The van der Waals surface area contributed by atoms with E-state index in [1.807, 2.05) is 0 Å². The van der Waals surface area contributed by atoms with Crippen LogP contribution in [0.4, 0.5) is 0 Å². The van der Waals surface area contributed by atoms with E-state index in [1.165, 1.54) is 0 Å². The van der Waals surface area contributed by atoms with Crippen LogP contribution in [0, 0.1) is 13.8 Å². The number of thiol groups is 1. The Morgan fingerprint density at radius 1 is 1.39 bits per heavy atom. The Morgan fingerprint density at radius 2 is 2.04 bits per heavy atom. The van der Waals surface area contributed by atoms with Crippen LogP contribution in [0.5, 0.6) is 0 Å². The van der Waals surface area contributed by atoms with Crippen molar-refractivity contribution in [1.82, 2.24) is 25.1 Å². The van der Waals surface area contributed by atoms with Crippen LogP contribution in [-0.2, 0) is 6.42 Å². The van der Waals surface area contributed by atoms with Gasteiger partial charge in [-0.3, -0.25) is 14.7 Å². The predicted octanol–water partition coefficient (Wildman–Crippen LogP) is -0.233. The van der Waals surface area contributed by atoms with Gasteiger partial charge in [0.15, 0.2) is 0 Å². The molecule has 0 fully saturated rings. The van der Waals surface area contributed by atoms with Crippen LogP contribution >= 0.6 is 12.6 Å². The van der Waals surface area contributed by atoms with Gasteiger partial charge in [0.25, 0.3) is 17.4 Å². The minimum absolute atomic E-state index is 0.0662. The maximum atomic E-state index is 12.5. The van der Waals surface area contributed by atoms with E-state index in [-0.39, 0.29) is 30.2 Å². The number of nitrogens with zero attached hydrogens (tertiary/aromatic N) is 3. The lowest BCUT2D eigenvalue weighted by Crippen LogP contribution is -2.27. The molecule has 0 aliphatic carbocycles. The summed E-state index contributed by atoms with van der Waals surface area (Å²) >= 11 is 4.03. The van der Waals surface area contributed by atoms with Crippen molar-refractivity contribution in [3.8, 4) is 5.95 Å². The lowest BCUT2D eigenvalue weighted by Gasteiger charge is -2.04. The summed E-state index contributed by atoms with van der Waals surface area (Å²) in [5.74, 6) is 0.217. The van der Waals surface area contributed by atoms with Crippen molar-refractivity contribution in [3.05, 3.63) is 39.1 Å². The predicted molar refractivity (Wildman–Crippen MR) is 88.4 cm³/mol. The third-order valence-electron chi connectivity index (χ3n) is 3.14. The molecule has 0 aliphatic heterocycles. The maximum absolute atomic E-state index is 12.5. The Hall–Kier alpha value is -2.13. The Bertz CT molecular complexity index is 748. The molecule has 0 unspecified atom stereocenters. The van der Waals surface area contributed by atoms with E-state index in [1.54, 1.807) is 19.9 Å². The molecule has 1 amide bonds. The van der Waals surface area contributed by atoms with Gasteiger partial charge in [-0.15, -0.1) is 0 Å². The van der Waals surface area contributed by atoms with Gasteiger partial charge in [-0.1, -0.05) is 0 Å². The number of aryl methyl sites for hydroxylation is 2. The average Bonchev–Trinajstić information content (AvgIpc) is 2.82. The molecule has 9 heteroatoms. The Morgan fingerprint density at radius 3 is 2.61 bits per heavy atom. The van der Waals surface area contributed by atoms with Gasteiger partial charge in [-0.05, 0) is 19.9 Å². The first kappa shape index (κ1) is 17.2. The molecule has 3 N–H and O–H groups in total. The number of nitrogens with one attached hydrogen (secondary N) is 2. The number of rotatable bonds is 6. The summed E-state index contributed by atoms with van der Waals surface area (Å²) in [6.45, 7) is 3.71. The number of hydrogen-bond acceptors (Lipinski definition) is 6. The number of carbonyl (C=O) groups is 1. The summed E-state index contributed by atoms with van der Waals surface area (Å²) in [7, 11) is 0. The molecule has 2 aromatic rings. The van der Waals surface area contributed by atoms with Crippen molar-refractivity contribution in [1.29, 1.82) is 0 Å². The highest BCUT2D eigenvalue weighted by molar-refractivity contribution is 7.80. The topological polar surface area (TPSA) is 113 Å². The third-order valence-corrected chi connectivity index (χ3v) is 3.37. The monoisotopic (exact) mass is 337 g/mol. The lowest BCUT2D eigenvalue weighted by atomic mass is 10.2. The van der Waals surface area contributed by atoms with E-state index < -0.39 is 11.5 Å². The molecule has 8 nitrogen and oxygen atoms in total. The van der Waals surface area contributed by atoms with E-state index in [9.17, 15) is 9.59 Å². The minimum atomic E-state index is -0.444. The number of aromatic nitrogens is 4. The second kappa shape index (κ2) is 7.42. The molecular weight excluding hydrogens is 318 g/mol. The van der Waals surface area contributed by atoms with E-state index in [0.29, 0.717) is 23.7 Å². The fraction of sp³-hybridized carbons (Fsp3) is 0.429. The van der Waals surface area contributed by atoms with Crippen molar-refractivity contribution < 1.29 is 9.90 Å². The molecule has 23 heavy (non-hydrogen) atoms. The Kier molecular flexibility index (Phi) is 5.56. The van der Waals surface area contributed by atoms with Crippen LogP contribution in [0.25, 0.3) is 5.95 Å². The van der Waals surface area contributed by atoms with Crippen LogP contribution < -0.4 is 10.9 Å². The van der Waals surface area contributed by atoms with Crippen molar-refractivity contribution >= 4 is 18.5 Å². The van der Waals surface area contributed by atoms with Crippen LogP contribution in [-0.4, -0.2) is 49.7 Å². The summed E-state index contributed by atoms with van der Waals surface area (Å²) < 4.78 is 1.13. The summed E-state index contributed by atoms with van der Waals surface area (Å²) in [5, 5.41) is 14.5. The number of aliphatic hydroxyl groups excluding tert-OH is 1. The third kappa shape index (κ3) is 3.80. The molecule has 2 rings (SSSR count). The molecular formula is C14H19N5O3S. The van der Waals surface area contributed by atoms with Gasteiger partial charge in [0.2, 0.25) is 0 Å². The summed E-state index contributed by atoms with van der Waals surface area (Å²) in [5.41, 5.74) is 1.28. The van der Waals surface area contributed by atoms with E-state index >= 15 is 0 Å². The first-order valence-corrected chi connectivity index (χ1v) is 7.77. The number of hydrogen-bond donors (Lipinski definition) is 4. The Labute approximate surface area is 138 Å². The first-order valence-electron chi connectivity index (χ1n) is 7.14. The summed E-state index contributed by atoms with van der Waals surface area (Å²) in [6.07, 6.45) is 0.0662. The van der Waals surface area contributed by atoms with Crippen LogP contribution in [0.2, 0.25) is 0 Å². The molecule has 0 radical (unpaired) electrons. The second-order valence-corrected chi connectivity index (χ2v) is 5.46. The molecule has 0 aromatic carbocycles. The van der Waals surface area contributed by atoms with Crippen molar-refractivity contribution in [2.24, 2.45) is 0 Å². The zero-order chi connectivity index (χ0) is 17.0. The van der Waals surface area contributed by atoms with E-state index in [0.717, 1.165) is 4.68 Å². The van der Waals surface area contributed by atoms with Gasteiger partial charge in [-0.25, -0.2) is 9.97 Å². The van der Waals surface area contributed by atoms with Gasteiger partial charge in [0.05, 0.1) is 5.56 Å². The quantitative estimate of drug-likeness (QED) is 0.544. The molecule has 0 saturated carbocycles. The first-order chi connectivity index (χ1) is 11.0. The summed E-state index contributed by atoms with van der Waals surface area (Å²) in [4.78, 5) is 33.1. The number of aromatic amines is 1. The largest absolute Gasteiger partial charge is 0.396 e. The van der Waals surface area contributed by atoms with Crippen molar-refractivity contribution in [3.63, 3.8) is 0 Å². The molecule has 0 saturated heterocycles. The minimum Gasteiger partial charge on any atom is -0.396 e. The smallest absolute Gasteiger partial charge is 0.277 e. The molecule has 0 aliphatic rings. The molecule has 0 atom stereocenters. The van der Waals surface area contributed by atoms with Gasteiger partial charge >= 0.3 is 0 Å². The van der Waals surface area contributed by atoms with Gasteiger partial charge in [0, 0.05) is 36.7 Å². The SMILES string of the molecule is Cc1cc(C)nc(-n2[nH]c(C(=O)NCCS)c(CCO)c2=O)n1. The highest BCUT2D eigenvalue weighted by Gasteiger charge is 2.21. The van der Waals surface area contributed by atoms with Gasteiger partial charge in [-0.2, -0.15) is 17.3 Å². The molecule has 0 bridgehead atoms. The van der Waals surface area contributed by atoms with Crippen LogP contribution in [0.3, 0.4) is 0 Å². The highest BCUT2D eigenvalue weighted by atomic mass is 32.1.